The molecule has 9 heteroatoms. The van der Waals surface area contributed by atoms with E-state index < -0.39 is 35.9 Å². The van der Waals surface area contributed by atoms with E-state index in [4.69, 9.17) is 0 Å². The van der Waals surface area contributed by atoms with Gasteiger partial charge in [-0.3, -0.25) is 19.3 Å². The minimum absolute atomic E-state index is 0.169. The maximum absolute atomic E-state index is 12.5. The lowest BCUT2D eigenvalue weighted by Crippen LogP contribution is -2.45. The molecule has 0 saturated heterocycles. The van der Waals surface area contributed by atoms with Crippen LogP contribution in [0.1, 0.15) is 27.6 Å². The van der Waals surface area contributed by atoms with Crippen LogP contribution in [0.25, 0.3) is 0 Å². The zero-order valence-corrected chi connectivity index (χ0v) is 13.9. The average molecular weight is 378 g/mol. The molecule has 27 heavy (non-hydrogen) atoms. The highest BCUT2D eigenvalue weighted by atomic mass is 19.4. The molecule has 3 amide bonds. The van der Waals surface area contributed by atoms with Crippen molar-refractivity contribution in [2.45, 2.75) is 19.3 Å². The van der Waals surface area contributed by atoms with Gasteiger partial charge in [0.2, 0.25) is 5.91 Å². The molecular weight excluding hydrogens is 365 g/mol. The summed E-state index contributed by atoms with van der Waals surface area (Å²) in [6, 6.07) is 9.83. The quantitative estimate of drug-likeness (QED) is 0.829. The highest BCUT2D eigenvalue weighted by molar-refractivity contribution is 6.23. The summed E-state index contributed by atoms with van der Waals surface area (Å²) in [5.74, 6) is -2.72. The Bertz CT molecular complexity index is 892. The number of benzene rings is 2. The predicted octanol–water partition coefficient (Wildman–Crippen LogP) is 3.21. The second-order valence-corrected chi connectivity index (χ2v) is 5.74. The van der Waals surface area contributed by atoms with E-state index >= 15 is 0 Å². The molecule has 0 bridgehead atoms. The number of halogens is 3. The van der Waals surface area contributed by atoms with E-state index in [0.717, 1.165) is 11.0 Å². The Balaban J connectivity index is 1.80. The van der Waals surface area contributed by atoms with E-state index in [-0.39, 0.29) is 16.8 Å². The van der Waals surface area contributed by atoms with E-state index in [9.17, 15) is 27.6 Å². The fourth-order valence-electron chi connectivity index (χ4n) is 2.70. The number of fused-ring (bicyclic) bond motifs is 1. The highest BCUT2D eigenvalue weighted by Gasteiger charge is 2.41. The van der Waals surface area contributed by atoms with Gasteiger partial charge in [-0.1, -0.05) is 24.3 Å². The number of para-hydroxylation sites is 2. The van der Waals surface area contributed by atoms with Gasteiger partial charge in [-0.15, -0.1) is 13.2 Å². The minimum atomic E-state index is -4.94. The molecule has 0 radical (unpaired) electrons. The molecule has 2 aromatic carbocycles. The van der Waals surface area contributed by atoms with Crippen molar-refractivity contribution in [3.8, 4) is 5.75 Å². The topological polar surface area (TPSA) is 75.7 Å². The Labute approximate surface area is 151 Å². The summed E-state index contributed by atoms with van der Waals surface area (Å²) in [5, 5.41) is 2.27. The monoisotopic (exact) mass is 378 g/mol. The molecule has 0 aromatic heterocycles. The van der Waals surface area contributed by atoms with Crippen LogP contribution in [-0.2, 0) is 4.79 Å². The number of imide groups is 1. The summed E-state index contributed by atoms with van der Waals surface area (Å²) in [5.41, 5.74) is 0.106. The Kier molecular flexibility index (Phi) is 4.61. The maximum Gasteiger partial charge on any atom is 0.573 e. The van der Waals surface area contributed by atoms with Crippen LogP contribution in [0.2, 0.25) is 0 Å². The number of carbonyl (C=O) groups is 3. The van der Waals surface area contributed by atoms with Gasteiger partial charge >= 0.3 is 6.36 Å². The average Bonchev–Trinajstić information content (AvgIpc) is 2.86. The molecule has 1 unspecified atom stereocenters. The van der Waals surface area contributed by atoms with Crippen LogP contribution in [0, 0.1) is 0 Å². The third-order valence-electron chi connectivity index (χ3n) is 3.96. The molecule has 1 aliphatic heterocycles. The molecule has 3 rings (SSSR count). The minimum Gasteiger partial charge on any atom is -0.404 e. The maximum atomic E-state index is 12.5. The van der Waals surface area contributed by atoms with Gasteiger partial charge in [0.1, 0.15) is 6.04 Å². The third kappa shape index (κ3) is 3.62. The molecule has 1 N–H and O–H groups in total. The van der Waals surface area contributed by atoms with Gasteiger partial charge in [0.25, 0.3) is 11.8 Å². The summed E-state index contributed by atoms with van der Waals surface area (Å²) < 4.78 is 41.3. The van der Waals surface area contributed by atoms with Crippen LogP contribution < -0.4 is 10.1 Å². The lowest BCUT2D eigenvalue weighted by Gasteiger charge is -2.22. The van der Waals surface area contributed by atoms with E-state index in [0.29, 0.717) is 0 Å². The van der Waals surface area contributed by atoms with Gasteiger partial charge in [0.05, 0.1) is 16.8 Å². The Morgan fingerprint density at radius 3 is 2.07 bits per heavy atom. The highest BCUT2D eigenvalue weighted by Crippen LogP contribution is 2.31. The first-order chi connectivity index (χ1) is 12.7. The number of ether oxygens (including phenoxy) is 1. The Hall–Kier alpha value is -3.36. The second kappa shape index (κ2) is 6.75. The molecule has 1 heterocycles. The van der Waals surface area contributed by atoms with E-state index in [1.54, 1.807) is 12.1 Å². The lowest BCUT2D eigenvalue weighted by molar-refractivity contribution is -0.274. The van der Waals surface area contributed by atoms with Crippen molar-refractivity contribution in [2.24, 2.45) is 0 Å². The molecular formula is C18H13F3N2O4. The van der Waals surface area contributed by atoms with Crippen molar-refractivity contribution in [1.29, 1.82) is 0 Å². The standard InChI is InChI=1S/C18H13F3N2O4/c1-10(23-16(25)11-6-2-3-7-12(11)17(23)26)15(24)22-13-8-4-5-9-14(13)27-18(19,20)21/h2-10H,1H3,(H,22,24). The van der Waals surface area contributed by atoms with Gasteiger partial charge < -0.3 is 10.1 Å². The van der Waals surface area contributed by atoms with Crippen molar-refractivity contribution >= 4 is 23.4 Å². The zero-order valence-electron chi connectivity index (χ0n) is 13.9. The van der Waals surface area contributed by atoms with Crippen LogP contribution in [0.5, 0.6) is 5.75 Å². The fourth-order valence-corrected chi connectivity index (χ4v) is 2.70. The van der Waals surface area contributed by atoms with Crippen LogP contribution in [0.4, 0.5) is 18.9 Å². The van der Waals surface area contributed by atoms with Gasteiger partial charge in [-0.05, 0) is 31.2 Å². The van der Waals surface area contributed by atoms with Crippen molar-refractivity contribution in [3.05, 3.63) is 59.7 Å². The summed E-state index contributed by atoms with van der Waals surface area (Å²) in [4.78, 5) is 38.1. The molecule has 0 aliphatic carbocycles. The number of nitrogens with zero attached hydrogens (tertiary/aromatic N) is 1. The number of carbonyl (C=O) groups excluding carboxylic acids is 3. The number of anilines is 1. The normalized spacial score (nSPS) is 14.7. The lowest BCUT2D eigenvalue weighted by atomic mass is 10.1. The Morgan fingerprint density at radius 2 is 1.52 bits per heavy atom. The number of amides is 3. The number of hydrogen-bond donors (Lipinski definition) is 1. The van der Waals surface area contributed by atoms with E-state index in [2.05, 4.69) is 10.1 Å². The molecule has 0 saturated carbocycles. The second-order valence-electron chi connectivity index (χ2n) is 5.74. The molecule has 0 spiro atoms. The van der Waals surface area contributed by atoms with Crippen molar-refractivity contribution in [2.75, 3.05) is 5.32 Å². The van der Waals surface area contributed by atoms with Crippen molar-refractivity contribution in [3.63, 3.8) is 0 Å². The van der Waals surface area contributed by atoms with Crippen LogP contribution >= 0.6 is 0 Å². The molecule has 2 aromatic rings. The molecule has 0 fully saturated rings. The number of nitrogens with one attached hydrogen (secondary N) is 1. The smallest absolute Gasteiger partial charge is 0.404 e. The van der Waals surface area contributed by atoms with Gasteiger partial charge in [0, 0.05) is 0 Å². The van der Waals surface area contributed by atoms with Crippen LogP contribution in [-0.4, -0.2) is 35.0 Å². The summed E-state index contributed by atoms with van der Waals surface area (Å²) >= 11 is 0. The van der Waals surface area contributed by atoms with Gasteiger partial charge in [-0.2, -0.15) is 0 Å². The van der Waals surface area contributed by atoms with Crippen molar-refractivity contribution in [1.82, 2.24) is 4.90 Å². The Morgan fingerprint density at radius 1 is 1.00 bits per heavy atom. The number of rotatable bonds is 4. The van der Waals surface area contributed by atoms with Crippen LogP contribution in [0.15, 0.2) is 48.5 Å². The molecule has 1 aliphatic rings. The van der Waals surface area contributed by atoms with Gasteiger partial charge in [-0.25, -0.2) is 0 Å². The molecule has 1 atom stereocenters. The molecule has 6 nitrogen and oxygen atoms in total. The van der Waals surface area contributed by atoms with E-state index in [1.165, 1.54) is 37.3 Å². The third-order valence-corrected chi connectivity index (χ3v) is 3.96. The number of alkyl halides is 3. The summed E-state index contributed by atoms with van der Waals surface area (Å²) in [6.07, 6.45) is -4.94. The zero-order chi connectivity index (χ0) is 19.8. The summed E-state index contributed by atoms with van der Waals surface area (Å²) in [6.45, 7) is 1.31. The van der Waals surface area contributed by atoms with Gasteiger partial charge in [0.15, 0.2) is 5.75 Å². The summed E-state index contributed by atoms with van der Waals surface area (Å²) in [7, 11) is 0. The van der Waals surface area contributed by atoms with Crippen LogP contribution in [0.3, 0.4) is 0 Å². The first-order valence-corrected chi connectivity index (χ1v) is 7.81. The molecule has 140 valence electrons. The SMILES string of the molecule is CC(C(=O)Nc1ccccc1OC(F)(F)F)N1C(=O)c2ccccc2C1=O. The van der Waals surface area contributed by atoms with E-state index in [1.807, 2.05) is 0 Å². The van der Waals surface area contributed by atoms with Crippen molar-refractivity contribution < 1.29 is 32.3 Å². The number of hydrogen-bond acceptors (Lipinski definition) is 4. The first-order valence-electron chi connectivity index (χ1n) is 7.81. The predicted molar refractivity (Wildman–Crippen MR) is 88.2 cm³/mol. The largest absolute Gasteiger partial charge is 0.573 e. The fraction of sp³-hybridized carbons (Fsp3) is 0.167. The first kappa shape index (κ1) is 18.4.